The zero-order valence-corrected chi connectivity index (χ0v) is 11.4. The van der Waals surface area contributed by atoms with Crippen molar-refractivity contribution < 1.29 is 47.4 Å². The third-order valence-electron chi connectivity index (χ3n) is 2.45. The molecule has 10 nitrogen and oxygen atoms in total. The van der Waals surface area contributed by atoms with Crippen molar-refractivity contribution in [3.8, 4) is 5.75 Å². The van der Waals surface area contributed by atoms with Gasteiger partial charge in [0.2, 0.25) is 11.4 Å². The van der Waals surface area contributed by atoms with Crippen LogP contribution in [0.1, 0.15) is 10.4 Å². The Morgan fingerprint density at radius 1 is 1.00 bits per heavy atom. The van der Waals surface area contributed by atoms with Crippen LogP contribution in [-0.4, -0.2) is 57.6 Å². The first-order valence-electron chi connectivity index (χ1n) is 5.46. The number of benzene rings is 1. The first-order chi connectivity index (χ1) is 10.1. The highest BCUT2D eigenvalue weighted by Gasteiger charge is 2.45. The molecule has 0 aliphatic rings. The molecule has 0 saturated carbocycles. The second kappa shape index (κ2) is 6.41. The number of carbonyl (C=O) groups is 3. The van der Waals surface area contributed by atoms with Gasteiger partial charge in [0.15, 0.2) is 0 Å². The van der Waals surface area contributed by atoms with Crippen molar-refractivity contribution in [3.05, 3.63) is 29.8 Å². The highest BCUT2D eigenvalue weighted by molar-refractivity contribution is 7.87. The smallest absolute Gasteiger partial charge is 0.347 e. The van der Waals surface area contributed by atoms with Gasteiger partial charge < -0.3 is 20.1 Å². The molecule has 0 saturated heterocycles. The first kappa shape index (κ1) is 17.4. The predicted molar refractivity (Wildman–Crippen MR) is 68.4 cm³/mol. The lowest BCUT2D eigenvalue weighted by Gasteiger charge is -2.20. The van der Waals surface area contributed by atoms with Crippen molar-refractivity contribution in [2.24, 2.45) is 0 Å². The van der Waals surface area contributed by atoms with Crippen LogP contribution in [0.25, 0.3) is 0 Å². The molecule has 0 spiro atoms. The lowest BCUT2D eigenvalue weighted by atomic mass is 10.2. The fraction of sp³-hybridized carbons (Fsp3) is 0.182. The van der Waals surface area contributed by atoms with Crippen LogP contribution < -0.4 is 4.74 Å². The summed E-state index contributed by atoms with van der Waals surface area (Å²) in [5.41, 5.74) is -0.506. The Morgan fingerprint density at radius 3 is 1.95 bits per heavy atom. The van der Waals surface area contributed by atoms with Crippen LogP contribution in [0.3, 0.4) is 0 Å². The summed E-state index contributed by atoms with van der Waals surface area (Å²) in [4.78, 5) is 32.9. The van der Waals surface area contributed by atoms with Gasteiger partial charge in [-0.05, 0) is 12.1 Å². The van der Waals surface area contributed by atoms with Crippen molar-refractivity contribution in [1.29, 1.82) is 0 Å². The molecule has 11 heteroatoms. The number of ether oxygens (including phenoxy) is 1. The number of hydrogen-bond acceptors (Lipinski definition) is 6. The third kappa shape index (κ3) is 3.93. The molecule has 0 aliphatic carbocycles. The quantitative estimate of drug-likeness (QED) is 0.478. The van der Waals surface area contributed by atoms with Gasteiger partial charge in [0, 0.05) is 0 Å². The average molecular weight is 334 g/mol. The molecular weight excluding hydrogens is 324 g/mol. The van der Waals surface area contributed by atoms with E-state index in [1.807, 2.05) is 0 Å². The Morgan fingerprint density at radius 2 is 1.55 bits per heavy atom. The fourth-order valence-corrected chi connectivity index (χ4v) is 2.28. The van der Waals surface area contributed by atoms with Gasteiger partial charge in [-0.1, -0.05) is 12.1 Å². The van der Waals surface area contributed by atoms with E-state index in [9.17, 15) is 22.8 Å². The molecule has 0 radical (unpaired) electrons. The minimum absolute atomic E-state index is 0.506. The number of hydrogen-bond donors (Lipinski definition) is 4. The standard InChI is InChI=1S/C11H10O10S/c12-9(13)5-3-1-2-4-6(5)21-7(10(14)15)8(11(16)17)22(18,19)20/h1-4,7-8H,(H,12,13)(H,14,15)(H,16,17)(H,18,19,20). The van der Waals surface area contributed by atoms with E-state index in [2.05, 4.69) is 0 Å². The summed E-state index contributed by atoms with van der Waals surface area (Å²) in [6, 6.07) is 4.62. The Balaban J connectivity index is 3.33. The molecule has 2 atom stereocenters. The SMILES string of the molecule is O=C(O)c1ccccc1OC(C(=O)O)C(C(=O)O)S(=O)(=O)O. The van der Waals surface area contributed by atoms with Gasteiger partial charge in [0.25, 0.3) is 10.1 Å². The van der Waals surface area contributed by atoms with Crippen LogP contribution in [0.2, 0.25) is 0 Å². The van der Waals surface area contributed by atoms with E-state index in [1.165, 1.54) is 12.1 Å². The van der Waals surface area contributed by atoms with E-state index >= 15 is 0 Å². The molecule has 22 heavy (non-hydrogen) atoms. The number of rotatable bonds is 7. The highest BCUT2D eigenvalue weighted by Crippen LogP contribution is 2.22. The van der Waals surface area contributed by atoms with Crippen LogP contribution in [0.15, 0.2) is 24.3 Å². The number of carboxylic acid groups (broad SMARTS) is 3. The second-order valence-electron chi connectivity index (χ2n) is 3.95. The maximum Gasteiger partial charge on any atom is 0.347 e. The van der Waals surface area contributed by atoms with Crippen LogP contribution in [0.4, 0.5) is 0 Å². The van der Waals surface area contributed by atoms with E-state index in [1.54, 1.807) is 0 Å². The molecular formula is C11H10O10S. The van der Waals surface area contributed by atoms with Crippen LogP contribution in [0, 0.1) is 0 Å². The summed E-state index contributed by atoms with van der Waals surface area (Å²) in [7, 11) is -5.31. The largest absolute Gasteiger partial charge is 0.480 e. The van der Waals surface area contributed by atoms with E-state index < -0.39 is 50.7 Å². The maximum atomic E-state index is 11.1. The highest BCUT2D eigenvalue weighted by atomic mass is 32.2. The van der Waals surface area contributed by atoms with Crippen molar-refractivity contribution in [2.45, 2.75) is 11.4 Å². The van der Waals surface area contributed by atoms with Gasteiger partial charge in [-0.2, -0.15) is 8.42 Å². The summed E-state index contributed by atoms with van der Waals surface area (Å²) in [5, 5.41) is 23.8. The van der Waals surface area contributed by atoms with E-state index in [4.69, 9.17) is 24.6 Å². The third-order valence-corrected chi connectivity index (χ3v) is 3.54. The minimum Gasteiger partial charge on any atom is -0.480 e. The molecule has 1 aromatic rings. The molecule has 120 valence electrons. The molecule has 0 aromatic heterocycles. The maximum absolute atomic E-state index is 11.1. The number of carboxylic acids is 3. The van der Waals surface area contributed by atoms with Crippen LogP contribution >= 0.6 is 0 Å². The number of aliphatic carboxylic acids is 2. The van der Waals surface area contributed by atoms with Crippen molar-refractivity contribution in [1.82, 2.24) is 0 Å². The monoisotopic (exact) mass is 334 g/mol. The Bertz CT molecular complexity index is 707. The van der Waals surface area contributed by atoms with E-state index in [-0.39, 0.29) is 0 Å². The van der Waals surface area contributed by atoms with Gasteiger partial charge in [-0.15, -0.1) is 0 Å². The van der Waals surface area contributed by atoms with Gasteiger partial charge >= 0.3 is 17.9 Å². The summed E-state index contributed by atoms with van der Waals surface area (Å²) in [6.07, 6.45) is -2.55. The topological polar surface area (TPSA) is 176 Å². The molecule has 1 aromatic carbocycles. The summed E-state index contributed by atoms with van der Waals surface area (Å²) < 4.78 is 35.7. The summed E-state index contributed by atoms with van der Waals surface area (Å²) >= 11 is 0. The van der Waals surface area contributed by atoms with E-state index in [0.717, 1.165) is 12.1 Å². The van der Waals surface area contributed by atoms with Crippen molar-refractivity contribution in [2.75, 3.05) is 0 Å². The molecule has 4 N–H and O–H groups in total. The molecule has 0 fully saturated rings. The van der Waals surface area contributed by atoms with E-state index in [0.29, 0.717) is 0 Å². The minimum atomic E-state index is -5.31. The summed E-state index contributed by atoms with van der Waals surface area (Å²) in [6.45, 7) is 0. The van der Waals surface area contributed by atoms with Gasteiger partial charge in [-0.3, -0.25) is 9.35 Å². The fourth-order valence-electron chi connectivity index (χ4n) is 1.54. The van der Waals surface area contributed by atoms with Gasteiger partial charge in [0.05, 0.1) is 0 Å². The molecule has 1 rings (SSSR count). The Hall–Kier alpha value is -2.66. The van der Waals surface area contributed by atoms with Gasteiger partial charge in [0.1, 0.15) is 11.3 Å². The average Bonchev–Trinajstić information content (AvgIpc) is 2.36. The first-order valence-corrected chi connectivity index (χ1v) is 6.97. The van der Waals surface area contributed by atoms with Crippen molar-refractivity contribution >= 4 is 28.0 Å². The second-order valence-corrected chi connectivity index (χ2v) is 5.49. The molecule has 0 aliphatic heterocycles. The van der Waals surface area contributed by atoms with Crippen molar-refractivity contribution in [3.63, 3.8) is 0 Å². The Labute approximate surface area is 123 Å². The predicted octanol–water partition coefficient (Wildman–Crippen LogP) is -0.442. The molecule has 0 amide bonds. The zero-order valence-electron chi connectivity index (χ0n) is 10.6. The lowest BCUT2D eigenvalue weighted by Crippen LogP contribution is -2.48. The van der Waals surface area contributed by atoms with Gasteiger partial charge in [-0.25, -0.2) is 9.59 Å². The molecule has 2 unspecified atom stereocenters. The number of para-hydroxylation sites is 1. The van der Waals surface area contributed by atoms with Crippen LogP contribution in [-0.2, 0) is 19.7 Å². The van der Waals surface area contributed by atoms with Crippen LogP contribution in [0.5, 0.6) is 5.75 Å². The molecule has 0 bridgehead atoms. The zero-order chi connectivity index (χ0) is 17.1. The lowest BCUT2D eigenvalue weighted by molar-refractivity contribution is -0.151. The normalized spacial score (nSPS) is 13.9. The summed E-state index contributed by atoms with van der Waals surface area (Å²) in [5.74, 6) is -6.23. The Kier molecular flexibility index (Phi) is 5.06. The molecule has 0 heterocycles. The number of aromatic carboxylic acids is 1.